The van der Waals surface area contributed by atoms with E-state index in [2.05, 4.69) is 4.74 Å². The summed E-state index contributed by atoms with van der Waals surface area (Å²) in [6.45, 7) is 2.98. The molecule has 0 amide bonds. The Morgan fingerprint density at radius 2 is 1.87 bits per heavy atom. The highest BCUT2D eigenvalue weighted by Gasteiger charge is 2.33. The molecule has 0 aliphatic carbocycles. The van der Waals surface area contributed by atoms with Crippen molar-refractivity contribution >= 4 is 28.8 Å². The van der Waals surface area contributed by atoms with Gasteiger partial charge < -0.3 is 4.74 Å². The molecule has 1 unspecified atom stereocenters. The molecule has 0 radical (unpaired) electrons. The van der Waals surface area contributed by atoms with Gasteiger partial charge in [-0.15, -0.1) is 0 Å². The number of carbonyl (C=O) groups is 3. The Morgan fingerprint density at radius 1 is 1.33 bits per heavy atom. The van der Waals surface area contributed by atoms with E-state index >= 15 is 0 Å². The van der Waals surface area contributed by atoms with E-state index < -0.39 is 22.8 Å². The largest absolute Gasteiger partial charge is 0.465 e. The second-order valence-electron chi connectivity index (χ2n) is 3.02. The predicted molar refractivity (Wildman–Crippen MR) is 57.1 cm³/mol. The van der Waals surface area contributed by atoms with Crippen LogP contribution in [0.25, 0.3) is 0 Å². The Bertz CT molecular complexity index is 265. The lowest BCUT2D eigenvalue weighted by Gasteiger charge is -2.13. The van der Waals surface area contributed by atoms with E-state index in [1.54, 1.807) is 21.0 Å². The van der Waals surface area contributed by atoms with Crippen molar-refractivity contribution in [2.24, 2.45) is 5.92 Å². The monoisotopic (exact) mass is 233 g/mol. The summed E-state index contributed by atoms with van der Waals surface area (Å²) in [5.41, 5.74) is 0. The van der Waals surface area contributed by atoms with Crippen LogP contribution in [0.1, 0.15) is 13.8 Å². The number of ketones is 1. The van der Waals surface area contributed by atoms with Crippen molar-refractivity contribution in [3.8, 4) is 0 Å². The van der Waals surface area contributed by atoms with Crippen molar-refractivity contribution in [2.45, 2.75) is 13.8 Å². The zero-order chi connectivity index (χ0) is 12.0. The van der Waals surface area contributed by atoms with Gasteiger partial charge in [-0.25, -0.2) is 0 Å². The molecule has 0 aliphatic heterocycles. The molecule has 86 valence electrons. The number of hydrogen-bond donors (Lipinski definition) is 0. The first-order valence-corrected chi connectivity index (χ1v) is 5.23. The maximum absolute atomic E-state index is 11.5. The van der Waals surface area contributed by atoms with Gasteiger partial charge in [0.25, 0.3) is 0 Å². The van der Waals surface area contributed by atoms with Crippen LogP contribution in [0, 0.1) is 5.92 Å². The van der Waals surface area contributed by atoms with Crippen LogP contribution in [0.2, 0.25) is 0 Å². The summed E-state index contributed by atoms with van der Waals surface area (Å²) in [6.07, 6.45) is 0. The van der Waals surface area contributed by atoms with Crippen LogP contribution in [0.3, 0.4) is 0 Å². The van der Waals surface area contributed by atoms with Gasteiger partial charge in [0.15, 0.2) is 11.7 Å². The summed E-state index contributed by atoms with van der Waals surface area (Å²) < 4.78 is 6.18. The SMILES string of the molecule is CCOC(=O)C(C(C)=O)C(=O)SN(C)C. The minimum atomic E-state index is -1.31. The minimum Gasteiger partial charge on any atom is -0.465 e. The maximum atomic E-state index is 11.5. The number of nitrogens with zero attached hydrogens (tertiary/aromatic N) is 1. The molecule has 0 aromatic carbocycles. The van der Waals surface area contributed by atoms with Crippen molar-refractivity contribution in [3.05, 3.63) is 0 Å². The first kappa shape index (κ1) is 14.1. The summed E-state index contributed by atoms with van der Waals surface area (Å²) in [5, 5.41) is -0.508. The first-order chi connectivity index (χ1) is 6.90. The van der Waals surface area contributed by atoms with E-state index in [0.29, 0.717) is 0 Å². The molecule has 0 saturated heterocycles. The van der Waals surface area contributed by atoms with Gasteiger partial charge in [0.05, 0.1) is 6.61 Å². The molecule has 0 rings (SSSR count). The highest BCUT2D eigenvalue weighted by Crippen LogP contribution is 2.15. The van der Waals surface area contributed by atoms with Crippen LogP contribution < -0.4 is 0 Å². The average Bonchev–Trinajstić information content (AvgIpc) is 2.01. The first-order valence-electron chi connectivity index (χ1n) is 4.46. The van der Waals surface area contributed by atoms with Crippen molar-refractivity contribution < 1.29 is 19.1 Å². The Balaban J connectivity index is 4.59. The van der Waals surface area contributed by atoms with Crippen molar-refractivity contribution in [1.29, 1.82) is 0 Å². The topological polar surface area (TPSA) is 63.7 Å². The van der Waals surface area contributed by atoms with Gasteiger partial charge in [-0.2, -0.15) is 0 Å². The van der Waals surface area contributed by atoms with E-state index in [9.17, 15) is 14.4 Å². The molecule has 0 aliphatic rings. The number of hydrogen-bond acceptors (Lipinski definition) is 6. The zero-order valence-corrected chi connectivity index (χ0v) is 10.1. The Kier molecular flexibility index (Phi) is 6.19. The Labute approximate surface area is 93.3 Å². The number of carbonyl (C=O) groups excluding carboxylic acids is 3. The smallest absolute Gasteiger partial charge is 0.325 e. The molecule has 15 heavy (non-hydrogen) atoms. The minimum absolute atomic E-state index is 0.155. The molecule has 5 nitrogen and oxygen atoms in total. The molecule has 0 saturated carbocycles. The zero-order valence-electron chi connectivity index (χ0n) is 9.27. The standard InChI is InChI=1S/C9H15NO4S/c1-5-14-8(12)7(6(2)11)9(13)15-10(3)4/h7H,5H2,1-4H3. The molecule has 0 spiro atoms. The molecule has 0 aromatic rings. The molecular formula is C9H15NO4S. The Morgan fingerprint density at radius 3 is 2.20 bits per heavy atom. The molecule has 6 heteroatoms. The molecule has 0 heterocycles. The third kappa shape index (κ3) is 4.94. The molecule has 0 N–H and O–H groups in total. The van der Waals surface area contributed by atoms with E-state index in [-0.39, 0.29) is 6.61 Å². The van der Waals surface area contributed by atoms with Crippen LogP contribution in [0.4, 0.5) is 0 Å². The van der Waals surface area contributed by atoms with Gasteiger partial charge in [0.1, 0.15) is 0 Å². The number of ether oxygens (including phenoxy) is 1. The van der Waals surface area contributed by atoms with E-state index in [1.165, 1.54) is 11.2 Å². The van der Waals surface area contributed by atoms with Crippen LogP contribution in [-0.2, 0) is 19.1 Å². The van der Waals surface area contributed by atoms with E-state index in [0.717, 1.165) is 11.9 Å². The highest BCUT2D eigenvalue weighted by molar-refractivity contribution is 8.11. The average molecular weight is 233 g/mol. The normalized spacial score (nSPS) is 12.3. The second-order valence-corrected chi connectivity index (χ2v) is 4.33. The van der Waals surface area contributed by atoms with E-state index in [4.69, 9.17) is 0 Å². The summed E-state index contributed by atoms with van der Waals surface area (Å²) >= 11 is 0.818. The fraction of sp³-hybridized carbons (Fsp3) is 0.667. The summed E-state index contributed by atoms with van der Waals surface area (Å²) in [5.74, 6) is -2.57. The summed E-state index contributed by atoms with van der Waals surface area (Å²) in [4.78, 5) is 34.0. The molecule has 0 fully saturated rings. The molecule has 1 atom stereocenters. The molecular weight excluding hydrogens is 218 g/mol. The van der Waals surface area contributed by atoms with Gasteiger partial charge >= 0.3 is 5.97 Å². The van der Waals surface area contributed by atoms with Gasteiger partial charge in [0.2, 0.25) is 5.12 Å². The van der Waals surface area contributed by atoms with Crippen molar-refractivity contribution in [3.63, 3.8) is 0 Å². The van der Waals surface area contributed by atoms with E-state index in [1.807, 2.05) is 0 Å². The van der Waals surface area contributed by atoms with Crippen LogP contribution in [0.5, 0.6) is 0 Å². The van der Waals surface area contributed by atoms with Gasteiger partial charge in [-0.3, -0.25) is 18.7 Å². The fourth-order valence-corrected chi connectivity index (χ4v) is 1.61. The van der Waals surface area contributed by atoms with Crippen LogP contribution in [-0.4, -0.2) is 41.9 Å². The summed E-state index contributed by atoms with van der Waals surface area (Å²) in [6, 6.07) is 0. The quantitative estimate of drug-likeness (QED) is 0.391. The maximum Gasteiger partial charge on any atom is 0.325 e. The van der Waals surface area contributed by atoms with Gasteiger partial charge in [-0.05, 0) is 39.9 Å². The second kappa shape index (κ2) is 6.58. The summed E-state index contributed by atoms with van der Waals surface area (Å²) in [7, 11) is 3.32. The highest BCUT2D eigenvalue weighted by atomic mass is 32.2. The number of Topliss-reactive ketones (excluding diaryl/α,β-unsaturated/α-hetero) is 1. The van der Waals surface area contributed by atoms with Crippen molar-refractivity contribution in [2.75, 3.05) is 20.7 Å². The van der Waals surface area contributed by atoms with Crippen LogP contribution >= 0.6 is 11.9 Å². The molecule has 0 bridgehead atoms. The van der Waals surface area contributed by atoms with Crippen molar-refractivity contribution in [1.82, 2.24) is 4.31 Å². The number of esters is 1. The van der Waals surface area contributed by atoms with Gasteiger partial charge in [0, 0.05) is 0 Å². The lowest BCUT2D eigenvalue weighted by Crippen LogP contribution is -2.31. The third-order valence-electron chi connectivity index (χ3n) is 1.44. The lowest BCUT2D eigenvalue weighted by molar-refractivity contribution is -0.152. The molecule has 0 aromatic heterocycles. The Hall–Kier alpha value is -0.880. The third-order valence-corrected chi connectivity index (χ3v) is 2.22. The lowest BCUT2D eigenvalue weighted by atomic mass is 10.1. The van der Waals surface area contributed by atoms with Gasteiger partial charge in [-0.1, -0.05) is 0 Å². The van der Waals surface area contributed by atoms with Crippen LogP contribution in [0.15, 0.2) is 0 Å². The predicted octanol–water partition coefficient (Wildman–Crippen LogP) is 0.491. The fourth-order valence-electron chi connectivity index (χ4n) is 0.886. The number of rotatable bonds is 5.